The number of furan rings is 1. The topological polar surface area (TPSA) is 137 Å². The number of aromatic nitrogens is 4. The molecule has 2 saturated carbocycles. The van der Waals surface area contributed by atoms with Crippen molar-refractivity contribution in [2.45, 2.75) is 184 Å². The Morgan fingerprint density at radius 2 is 1.25 bits per heavy atom. The highest BCUT2D eigenvalue weighted by Crippen LogP contribution is 2.53. The molecule has 2 bridgehead atoms. The highest BCUT2D eigenvalue weighted by Gasteiger charge is 2.48. The Hall–Kier alpha value is -4.48. The number of hydrogen-bond acceptors (Lipinski definition) is 11. The molecule has 10 rings (SSSR count). The first-order valence-corrected chi connectivity index (χ1v) is 24.9. The second kappa shape index (κ2) is 20.6. The Morgan fingerprint density at radius 3 is 1.71 bits per heavy atom. The normalized spacial score (nSPS) is 28.6. The number of rotatable bonds is 10. The fourth-order valence-corrected chi connectivity index (χ4v) is 11.8. The smallest absolute Gasteiger partial charge is 0.241 e. The molecule has 0 saturated heterocycles. The lowest BCUT2D eigenvalue weighted by Crippen LogP contribution is -2.43. The molecule has 11 nitrogen and oxygen atoms in total. The minimum atomic E-state index is 0. The van der Waals surface area contributed by atoms with Crippen LogP contribution in [0.1, 0.15) is 172 Å². The molecule has 1 aromatic carbocycles. The third-order valence-corrected chi connectivity index (χ3v) is 15.2. The molecule has 3 aromatic heterocycles. The minimum absolute atomic E-state index is 0. The van der Waals surface area contributed by atoms with E-state index in [1.807, 2.05) is 26.2 Å². The quantitative estimate of drug-likeness (QED) is 0.131. The second-order valence-electron chi connectivity index (χ2n) is 18.9. The van der Waals surface area contributed by atoms with E-state index in [4.69, 9.17) is 23.7 Å². The van der Waals surface area contributed by atoms with Gasteiger partial charge in [0.25, 0.3) is 0 Å². The first-order valence-electron chi connectivity index (χ1n) is 24.9. The summed E-state index contributed by atoms with van der Waals surface area (Å²) in [4.78, 5) is 18.1. The van der Waals surface area contributed by atoms with Gasteiger partial charge >= 0.3 is 0 Å². The minimum Gasteiger partial charge on any atom is -0.470 e. The predicted molar refractivity (Wildman–Crippen MR) is 263 cm³/mol. The van der Waals surface area contributed by atoms with Crippen LogP contribution in [0.2, 0.25) is 0 Å². The molecule has 6 aliphatic rings. The van der Waals surface area contributed by atoms with Gasteiger partial charge in [-0.2, -0.15) is 9.97 Å². The van der Waals surface area contributed by atoms with Gasteiger partial charge in [-0.1, -0.05) is 107 Å². The van der Waals surface area contributed by atoms with Crippen LogP contribution in [0.25, 0.3) is 17.0 Å². The van der Waals surface area contributed by atoms with Gasteiger partial charge in [0.05, 0.1) is 42.4 Å². The standard InChI is InChI=1S/C21H24O3.2C16H25N3O.CH4/c1-4-13-10-16-18-17(11-23-21(18)15(13)7-6-8-22)19-12(3)9-14(5-2)20(16)24-19;2*1-5-10-8-11(6-2)15-13(10)19-14-12(7-3)17-9(4)18-16(14)20-15;/h6-7,9-12,19-20,22H,4-5,8H2,1-3H3;2*10-11,13,15,19H,5-8H2,1-4H3;1H4/b7-6-;;;/t12-,19?,20?;10-,11-,13+,15-;10-,11-,13-,15+;/m000./s1. The van der Waals surface area contributed by atoms with Gasteiger partial charge in [0.15, 0.2) is 0 Å². The van der Waals surface area contributed by atoms with Gasteiger partial charge in [0.2, 0.25) is 11.8 Å². The van der Waals surface area contributed by atoms with Crippen LogP contribution in [-0.4, -0.2) is 55.9 Å². The summed E-state index contributed by atoms with van der Waals surface area (Å²) >= 11 is 0. The lowest BCUT2D eigenvalue weighted by molar-refractivity contribution is -0.0333. The maximum absolute atomic E-state index is 9.17. The summed E-state index contributed by atoms with van der Waals surface area (Å²) in [7, 11) is 0. The van der Waals surface area contributed by atoms with Crippen LogP contribution >= 0.6 is 0 Å². The fraction of sp³-hybridized carbons (Fsp3) is 0.630. The van der Waals surface area contributed by atoms with Crippen molar-refractivity contribution in [2.24, 2.45) is 29.6 Å². The number of benzene rings is 1. The number of anilines is 2. The number of aryl methyl sites for hydroxylation is 5. The van der Waals surface area contributed by atoms with Gasteiger partial charge in [-0.15, -0.1) is 0 Å². The van der Waals surface area contributed by atoms with E-state index in [2.05, 4.69) is 105 Å². The monoisotopic (exact) mass is 891 g/mol. The van der Waals surface area contributed by atoms with E-state index < -0.39 is 0 Å². The Morgan fingerprint density at radius 1 is 0.708 bits per heavy atom. The van der Waals surface area contributed by atoms with Crippen molar-refractivity contribution in [1.29, 1.82) is 0 Å². The summed E-state index contributed by atoms with van der Waals surface area (Å²) in [6.45, 7) is 23.8. The lowest BCUT2D eigenvalue weighted by Gasteiger charge is -2.38. The van der Waals surface area contributed by atoms with Gasteiger partial charge in [-0.05, 0) is 106 Å². The van der Waals surface area contributed by atoms with Crippen molar-refractivity contribution in [2.75, 3.05) is 17.2 Å². The van der Waals surface area contributed by atoms with Crippen LogP contribution in [0.4, 0.5) is 11.4 Å². The molecule has 11 heteroatoms. The molecule has 0 amide bonds. The van der Waals surface area contributed by atoms with Gasteiger partial charge < -0.3 is 34.4 Å². The molecular weight excluding hydrogens is 813 g/mol. The summed E-state index contributed by atoms with van der Waals surface area (Å²) < 4.78 is 25.1. The number of hydrogen-bond donors (Lipinski definition) is 3. The molecule has 2 aliphatic carbocycles. The van der Waals surface area contributed by atoms with E-state index in [9.17, 15) is 0 Å². The van der Waals surface area contributed by atoms with Crippen LogP contribution in [0.15, 0.2) is 34.5 Å². The van der Waals surface area contributed by atoms with E-state index in [1.165, 1.54) is 60.6 Å². The molecule has 65 heavy (non-hydrogen) atoms. The number of nitrogens with zero attached hydrogens (tertiary/aromatic N) is 4. The van der Waals surface area contributed by atoms with Crippen molar-refractivity contribution in [3.05, 3.63) is 75.3 Å². The Labute approximate surface area is 389 Å². The average molecular weight is 891 g/mol. The third-order valence-electron chi connectivity index (χ3n) is 15.2. The summed E-state index contributed by atoms with van der Waals surface area (Å²) in [6.07, 6.45) is 19.7. The fourth-order valence-electron chi connectivity index (χ4n) is 11.8. The summed E-state index contributed by atoms with van der Waals surface area (Å²) in [5, 5.41) is 17.8. The molecule has 11 atom stereocenters. The van der Waals surface area contributed by atoms with Crippen molar-refractivity contribution in [3.8, 4) is 11.8 Å². The average Bonchev–Trinajstić information content (AvgIpc) is 4.02. The van der Waals surface area contributed by atoms with Crippen LogP contribution < -0.4 is 20.1 Å². The Kier molecular flexibility index (Phi) is 15.3. The third kappa shape index (κ3) is 8.93. The molecule has 7 heterocycles. The molecule has 2 unspecified atom stereocenters. The molecule has 2 fully saturated rings. The number of fused-ring (bicyclic) bond motifs is 8. The lowest BCUT2D eigenvalue weighted by atomic mass is 9.80. The zero-order chi connectivity index (χ0) is 45.4. The molecule has 0 spiro atoms. The van der Waals surface area contributed by atoms with E-state index in [0.29, 0.717) is 41.7 Å². The first kappa shape index (κ1) is 48.5. The van der Waals surface area contributed by atoms with Gasteiger partial charge in [0, 0.05) is 22.4 Å². The van der Waals surface area contributed by atoms with Gasteiger partial charge in [-0.3, -0.25) is 0 Å². The van der Waals surface area contributed by atoms with E-state index >= 15 is 0 Å². The maximum Gasteiger partial charge on any atom is 0.241 e. The Bertz CT molecular complexity index is 2260. The van der Waals surface area contributed by atoms with E-state index in [-0.39, 0.29) is 38.4 Å². The van der Waals surface area contributed by atoms with Crippen LogP contribution in [0.5, 0.6) is 11.8 Å². The zero-order valence-corrected chi connectivity index (χ0v) is 40.4. The molecule has 3 N–H and O–H groups in total. The zero-order valence-electron chi connectivity index (χ0n) is 40.4. The first-order chi connectivity index (χ1) is 31.0. The van der Waals surface area contributed by atoms with Crippen LogP contribution in [0.3, 0.4) is 0 Å². The van der Waals surface area contributed by atoms with Crippen LogP contribution in [-0.2, 0) is 24.0 Å². The highest BCUT2D eigenvalue weighted by molar-refractivity contribution is 5.94. The molecule has 4 aliphatic heterocycles. The van der Waals surface area contributed by atoms with Crippen molar-refractivity contribution in [3.63, 3.8) is 0 Å². The summed E-state index contributed by atoms with van der Waals surface area (Å²) in [6, 6.07) is 3.13. The van der Waals surface area contributed by atoms with Crippen molar-refractivity contribution in [1.82, 2.24) is 19.9 Å². The number of ether oxygens (including phenoxy) is 3. The maximum atomic E-state index is 9.17. The summed E-state index contributed by atoms with van der Waals surface area (Å²) in [5.41, 5.74) is 11.3. The molecular formula is C54H78N6O5. The van der Waals surface area contributed by atoms with Crippen LogP contribution in [0, 0.1) is 43.4 Å². The van der Waals surface area contributed by atoms with Gasteiger partial charge in [-0.25, -0.2) is 9.97 Å². The number of aliphatic hydroxyl groups is 1. The van der Waals surface area contributed by atoms with Crippen molar-refractivity contribution < 1.29 is 23.7 Å². The summed E-state index contributed by atoms with van der Waals surface area (Å²) in [5.74, 6) is 6.19. The molecule has 4 aromatic rings. The largest absolute Gasteiger partial charge is 0.470 e. The highest BCUT2D eigenvalue weighted by atomic mass is 16.5. The van der Waals surface area contributed by atoms with Gasteiger partial charge in [0.1, 0.15) is 46.9 Å². The second-order valence-corrected chi connectivity index (χ2v) is 18.9. The predicted octanol–water partition coefficient (Wildman–Crippen LogP) is 12.4. The molecule has 0 radical (unpaired) electrons. The van der Waals surface area contributed by atoms with Crippen molar-refractivity contribution >= 4 is 28.4 Å². The number of nitrogens with one attached hydrogen (secondary N) is 2. The van der Waals surface area contributed by atoms with E-state index in [1.54, 1.807) is 6.08 Å². The Balaban J connectivity index is 0.000000145. The SMILES string of the molecule is C.CCC1=C[C@H](C)C2OC1c1cc(CC)c(/C=C\CO)c3occ2c13.CCc1nc(C)nc2c1N[C@@H]1[C@@H](CC)C[C@H](CC)[C@@H]1O2.CCc1nc(C)nc2c1N[C@H]1[C@@H](CC)C[C@H](CC)[C@H]1O2. The molecule has 354 valence electrons. The number of aliphatic hydroxyl groups excluding tert-OH is 1. The van der Waals surface area contributed by atoms with E-state index in [0.717, 1.165) is 88.6 Å².